The summed E-state index contributed by atoms with van der Waals surface area (Å²) in [6.07, 6.45) is -5.87. The zero-order valence-corrected chi connectivity index (χ0v) is 6.12. The van der Waals surface area contributed by atoms with Crippen LogP contribution in [0.4, 0.5) is 0 Å². The fourth-order valence-corrected chi connectivity index (χ4v) is 1.00. The lowest BCUT2D eigenvalue weighted by atomic mass is 10.1. The number of hydrogen-bond acceptors (Lipinski definition) is 6. The fourth-order valence-electron chi connectivity index (χ4n) is 1.00. The number of ether oxygens (including phenoxy) is 1. The lowest BCUT2D eigenvalue weighted by molar-refractivity contribution is -0.151. The molecule has 0 aromatic carbocycles. The minimum atomic E-state index is -1.70. The summed E-state index contributed by atoms with van der Waals surface area (Å²) in [7, 11) is 0. The third-order valence-corrected chi connectivity index (χ3v) is 1.70. The molecule has 1 rings (SSSR count). The summed E-state index contributed by atoms with van der Waals surface area (Å²) in [4.78, 5) is 10.7. The second-order valence-electron chi connectivity index (χ2n) is 2.55. The number of Topliss-reactive ketones (excluding diaryl/α,β-unsaturated/α-hetero) is 1. The number of ketones is 1. The molecular weight excluding hydrogens is 168 g/mol. The fraction of sp³-hybridized carbons (Fsp3) is 0.833. The smallest absolute Gasteiger partial charge is 0.219 e. The van der Waals surface area contributed by atoms with Gasteiger partial charge < -0.3 is 25.2 Å². The van der Waals surface area contributed by atoms with Crippen molar-refractivity contribution in [3.63, 3.8) is 0 Å². The van der Waals surface area contributed by atoms with Gasteiger partial charge in [-0.3, -0.25) is 4.79 Å². The Morgan fingerprint density at radius 1 is 1.50 bits per heavy atom. The molecule has 1 saturated heterocycles. The second-order valence-corrected chi connectivity index (χ2v) is 2.55. The summed E-state index contributed by atoms with van der Waals surface area (Å²) in [5, 5.41) is 35.2. The number of hydrogen-bond donors (Lipinski definition) is 4. The zero-order valence-electron chi connectivity index (χ0n) is 6.12. The van der Waals surface area contributed by atoms with Crippen molar-refractivity contribution in [2.24, 2.45) is 0 Å². The number of carbonyl (C=O) groups is 1. The van der Waals surface area contributed by atoms with Crippen molar-refractivity contribution in [1.82, 2.24) is 0 Å². The van der Waals surface area contributed by atoms with E-state index < -0.39 is 37.0 Å². The maximum absolute atomic E-state index is 10.7. The topological polar surface area (TPSA) is 107 Å². The summed E-state index contributed by atoms with van der Waals surface area (Å²) >= 11 is 0. The van der Waals surface area contributed by atoms with Crippen LogP contribution in [0.15, 0.2) is 0 Å². The van der Waals surface area contributed by atoms with Gasteiger partial charge in [0, 0.05) is 0 Å². The molecule has 0 spiro atoms. The van der Waals surface area contributed by atoms with Crippen LogP contribution in [0.25, 0.3) is 0 Å². The Morgan fingerprint density at radius 2 is 2.08 bits per heavy atom. The van der Waals surface area contributed by atoms with Crippen LogP contribution in [0, 0.1) is 0 Å². The van der Waals surface area contributed by atoms with E-state index in [0.29, 0.717) is 0 Å². The highest BCUT2D eigenvalue weighted by molar-refractivity contribution is 5.88. The molecule has 4 N–H and O–H groups in total. The molecule has 1 fully saturated rings. The molecule has 1 aliphatic heterocycles. The molecule has 1 heterocycles. The Balaban J connectivity index is 2.64. The quantitative estimate of drug-likeness (QED) is 0.358. The summed E-state index contributed by atoms with van der Waals surface area (Å²) in [5.74, 6) is -0.896. The average Bonchev–Trinajstić information content (AvgIpc) is 2.32. The van der Waals surface area contributed by atoms with Crippen LogP contribution in [0.1, 0.15) is 0 Å². The van der Waals surface area contributed by atoms with Gasteiger partial charge in [-0.2, -0.15) is 0 Å². The van der Waals surface area contributed by atoms with E-state index in [1.165, 1.54) is 0 Å². The largest absolute Gasteiger partial charge is 0.394 e. The van der Waals surface area contributed by atoms with Crippen LogP contribution < -0.4 is 0 Å². The second kappa shape index (κ2) is 3.46. The molecule has 0 radical (unpaired) electrons. The van der Waals surface area contributed by atoms with Gasteiger partial charge in [0.15, 0.2) is 0 Å². The number of aliphatic hydroxyl groups is 4. The normalized spacial score (nSPS) is 38.7. The molecule has 0 aliphatic carbocycles. The van der Waals surface area contributed by atoms with E-state index in [4.69, 9.17) is 20.4 Å². The summed E-state index contributed by atoms with van der Waals surface area (Å²) < 4.78 is 4.48. The van der Waals surface area contributed by atoms with Crippen LogP contribution in [-0.2, 0) is 9.53 Å². The molecule has 70 valence electrons. The molecule has 12 heavy (non-hydrogen) atoms. The maximum atomic E-state index is 10.7. The van der Waals surface area contributed by atoms with Crippen LogP contribution >= 0.6 is 0 Å². The van der Waals surface area contributed by atoms with Gasteiger partial charge in [-0.1, -0.05) is 0 Å². The monoisotopic (exact) mass is 178 g/mol. The highest BCUT2D eigenvalue weighted by atomic mass is 16.6. The Hall–Kier alpha value is -0.530. The van der Waals surface area contributed by atoms with Gasteiger partial charge in [-0.15, -0.1) is 0 Å². The van der Waals surface area contributed by atoms with Gasteiger partial charge in [-0.05, 0) is 0 Å². The minimum Gasteiger partial charge on any atom is -0.394 e. The molecule has 6 heteroatoms. The Labute approximate surface area is 68.0 Å². The molecule has 0 aromatic heterocycles. The van der Waals surface area contributed by atoms with Crippen molar-refractivity contribution in [3.8, 4) is 0 Å². The first-order valence-electron chi connectivity index (χ1n) is 3.42. The Morgan fingerprint density at radius 3 is 2.42 bits per heavy atom. The van der Waals surface area contributed by atoms with Crippen molar-refractivity contribution in [3.05, 3.63) is 0 Å². The van der Waals surface area contributed by atoms with Gasteiger partial charge in [-0.25, -0.2) is 0 Å². The van der Waals surface area contributed by atoms with Gasteiger partial charge in [0.2, 0.25) is 12.1 Å². The molecule has 6 nitrogen and oxygen atoms in total. The SMILES string of the molecule is O=C1[C@H](O)O[C@H]([C@H](O)CO)[C@H]1O. The highest BCUT2D eigenvalue weighted by Crippen LogP contribution is 2.18. The molecule has 0 amide bonds. The average molecular weight is 178 g/mol. The van der Waals surface area contributed by atoms with E-state index in [-0.39, 0.29) is 0 Å². The molecule has 1 aliphatic rings. The van der Waals surface area contributed by atoms with Crippen LogP contribution in [0.5, 0.6) is 0 Å². The van der Waals surface area contributed by atoms with E-state index in [0.717, 1.165) is 0 Å². The van der Waals surface area contributed by atoms with Crippen molar-refractivity contribution in [1.29, 1.82) is 0 Å². The van der Waals surface area contributed by atoms with Crippen molar-refractivity contribution in [2.45, 2.75) is 24.6 Å². The summed E-state index contributed by atoms with van der Waals surface area (Å²) in [5.41, 5.74) is 0. The first kappa shape index (κ1) is 9.56. The first-order valence-corrected chi connectivity index (χ1v) is 3.42. The number of carbonyl (C=O) groups excluding carboxylic acids is 1. The molecule has 0 bridgehead atoms. The Kier molecular flexibility index (Phi) is 2.76. The maximum Gasteiger partial charge on any atom is 0.219 e. The third kappa shape index (κ3) is 1.47. The van der Waals surface area contributed by atoms with Gasteiger partial charge >= 0.3 is 0 Å². The molecular formula is C6H10O6. The zero-order chi connectivity index (χ0) is 9.30. The van der Waals surface area contributed by atoms with E-state index in [9.17, 15) is 4.79 Å². The molecule has 0 aromatic rings. The molecule has 0 saturated carbocycles. The lowest BCUT2D eigenvalue weighted by Crippen LogP contribution is -2.38. The van der Waals surface area contributed by atoms with Crippen molar-refractivity contribution >= 4 is 5.78 Å². The predicted octanol–water partition coefficient (Wildman–Crippen LogP) is -3.01. The van der Waals surface area contributed by atoms with E-state index in [2.05, 4.69) is 4.74 Å². The van der Waals surface area contributed by atoms with E-state index in [1.807, 2.05) is 0 Å². The lowest BCUT2D eigenvalue weighted by Gasteiger charge is -2.16. The van der Waals surface area contributed by atoms with Crippen LogP contribution in [0.3, 0.4) is 0 Å². The van der Waals surface area contributed by atoms with Crippen molar-refractivity contribution in [2.75, 3.05) is 6.61 Å². The van der Waals surface area contributed by atoms with E-state index in [1.54, 1.807) is 0 Å². The highest BCUT2D eigenvalue weighted by Gasteiger charge is 2.44. The summed E-state index contributed by atoms with van der Waals surface area (Å²) in [6.45, 7) is -0.637. The van der Waals surface area contributed by atoms with Gasteiger partial charge in [0.25, 0.3) is 0 Å². The first-order chi connectivity index (χ1) is 5.57. The number of rotatable bonds is 2. The summed E-state index contributed by atoms with van der Waals surface area (Å²) in [6, 6.07) is 0. The van der Waals surface area contributed by atoms with Crippen LogP contribution in [-0.4, -0.2) is 57.4 Å². The minimum absolute atomic E-state index is 0.637. The molecule has 4 atom stereocenters. The predicted molar refractivity (Wildman–Crippen MR) is 35.0 cm³/mol. The van der Waals surface area contributed by atoms with Gasteiger partial charge in [0.05, 0.1) is 6.61 Å². The van der Waals surface area contributed by atoms with Crippen molar-refractivity contribution < 1.29 is 30.0 Å². The molecule has 0 unspecified atom stereocenters. The third-order valence-electron chi connectivity index (χ3n) is 1.70. The number of aliphatic hydroxyl groups excluding tert-OH is 4. The van der Waals surface area contributed by atoms with Gasteiger partial charge in [0.1, 0.15) is 18.3 Å². The van der Waals surface area contributed by atoms with Crippen LogP contribution in [0.2, 0.25) is 0 Å². The van der Waals surface area contributed by atoms with E-state index >= 15 is 0 Å². The Bertz CT molecular complexity index is 181. The standard InChI is InChI=1S/C6H10O6/c7-1-2(8)5-3(9)4(10)6(11)12-5/h2-3,5-9,11H,1H2/t2-,3+,5-,6-/m1/s1.